The van der Waals surface area contributed by atoms with Gasteiger partial charge in [0.2, 0.25) is 11.8 Å². The summed E-state index contributed by atoms with van der Waals surface area (Å²) in [5, 5.41) is 15.0. The second-order valence-corrected chi connectivity index (χ2v) is 7.16. The minimum absolute atomic E-state index is 0.0856. The molecule has 0 heterocycles. The van der Waals surface area contributed by atoms with Crippen LogP contribution >= 0.6 is 0 Å². The predicted molar refractivity (Wildman–Crippen MR) is 121 cm³/mol. The standard InChI is InChI=1S/C23H43N3O3/c1-3-5-7-9-11-14-22(28)24-16-19-26(18-13-21-27)20-17-25-23(29)15-12-10-8-6-4-2/h5-8,27H,3-4,9-21H2,1-2H3,(H,24,28)(H,25,29)/b7-5+,8-6+. The molecule has 0 fully saturated rings. The van der Waals surface area contributed by atoms with Crippen LogP contribution in [-0.4, -0.2) is 61.2 Å². The summed E-state index contributed by atoms with van der Waals surface area (Å²) >= 11 is 0. The number of carbonyl (C=O) groups excluding carboxylic acids is 2. The second-order valence-electron chi connectivity index (χ2n) is 7.16. The molecule has 0 radical (unpaired) electrons. The fourth-order valence-electron chi connectivity index (χ4n) is 2.84. The molecule has 0 unspecified atom stereocenters. The van der Waals surface area contributed by atoms with E-state index in [1.807, 2.05) is 0 Å². The number of nitrogens with one attached hydrogen (secondary N) is 2. The number of rotatable bonds is 19. The van der Waals surface area contributed by atoms with Crippen molar-refractivity contribution in [1.82, 2.24) is 15.5 Å². The molecule has 0 saturated carbocycles. The summed E-state index contributed by atoms with van der Waals surface area (Å²) in [6, 6.07) is 0. The zero-order chi connectivity index (χ0) is 21.6. The fourth-order valence-corrected chi connectivity index (χ4v) is 2.84. The molecule has 0 spiro atoms. The SMILES string of the molecule is CC/C=C/CCCC(=O)NCCN(CCCO)CCNC(=O)CCC/C=C/CC. The zero-order valence-electron chi connectivity index (χ0n) is 18.6. The number of carbonyl (C=O) groups is 2. The lowest BCUT2D eigenvalue weighted by Gasteiger charge is -2.22. The molecule has 0 rings (SSSR count). The Morgan fingerprint density at radius 3 is 1.66 bits per heavy atom. The molecule has 0 aliphatic heterocycles. The molecule has 6 nitrogen and oxygen atoms in total. The Morgan fingerprint density at radius 1 is 0.759 bits per heavy atom. The minimum Gasteiger partial charge on any atom is -0.396 e. The normalized spacial score (nSPS) is 11.6. The lowest BCUT2D eigenvalue weighted by Crippen LogP contribution is -2.40. The van der Waals surface area contributed by atoms with Crippen molar-refractivity contribution in [2.45, 2.75) is 71.6 Å². The van der Waals surface area contributed by atoms with Gasteiger partial charge in [-0.3, -0.25) is 14.5 Å². The highest BCUT2D eigenvalue weighted by atomic mass is 16.3. The van der Waals surface area contributed by atoms with Crippen LogP contribution in [0.3, 0.4) is 0 Å². The summed E-state index contributed by atoms with van der Waals surface area (Å²) in [6.45, 7) is 7.72. The van der Waals surface area contributed by atoms with Gasteiger partial charge >= 0.3 is 0 Å². The molecule has 0 aromatic carbocycles. The predicted octanol–water partition coefficient (Wildman–Crippen LogP) is 3.18. The van der Waals surface area contributed by atoms with Crippen LogP contribution in [0.1, 0.15) is 71.6 Å². The molecule has 0 saturated heterocycles. The van der Waals surface area contributed by atoms with Crippen molar-refractivity contribution in [2.24, 2.45) is 0 Å². The van der Waals surface area contributed by atoms with Crippen molar-refractivity contribution >= 4 is 11.8 Å². The molecule has 168 valence electrons. The Balaban J connectivity index is 3.95. The van der Waals surface area contributed by atoms with Crippen LogP contribution in [0.2, 0.25) is 0 Å². The maximum absolute atomic E-state index is 11.9. The maximum Gasteiger partial charge on any atom is 0.220 e. The number of hydrogen-bond acceptors (Lipinski definition) is 4. The Labute approximate surface area is 177 Å². The Bertz CT molecular complexity index is 426. The van der Waals surface area contributed by atoms with E-state index < -0.39 is 0 Å². The summed E-state index contributed by atoms with van der Waals surface area (Å²) in [5.41, 5.74) is 0. The van der Waals surface area contributed by atoms with Crippen LogP contribution in [0.15, 0.2) is 24.3 Å². The number of allylic oxidation sites excluding steroid dienone is 4. The van der Waals surface area contributed by atoms with Gasteiger partial charge in [-0.05, 0) is 44.9 Å². The highest BCUT2D eigenvalue weighted by molar-refractivity contribution is 5.76. The third-order valence-corrected chi connectivity index (χ3v) is 4.49. The van der Waals surface area contributed by atoms with Crippen LogP contribution in [0.25, 0.3) is 0 Å². The van der Waals surface area contributed by atoms with Crippen LogP contribution in [-0.2, 0) is 9.59 Å². The van der Waals surface area contributed by atoms with Crippen molar-refractivity contribution in [3.63, 3.8) is 0 Å². The lowest BCUT2D eigenvalue weighted by molar-refractivity contribution is -0.121. The zero-order valence-corrected chi connectivity index (χ0v) is 18.6. The van der Waals surface area contributed by atoms with Gasteiger partial charge in [0.25, 0.3) is 0 Å². The van der Waals surface area contributed by atoms with Gasteiger partial charge < -0.3 is 15.7 Å². The summed E-state index contributed by atoms with van der Waals surface area (Å²) in [6.07, 6.45) is 16.0. The van der Waals surface area contributed by atoms with Gasteiger partial charge in [0, 0.05) is 52.2 Å². The van der Waals surface area contributed by atoms with Crippen molar-refractivity contribution in [3.8, 4) is 0 Å². The van der Waals surface area contributed by atoms with E-state index in [4.69, 9.17) is 5.11 Å². The molecule has 0 aliphatic carbocycles. The molecule has 3 N–H and O–H groups in total. The molecule has 0 aliphatic rings. The van der Waals surface area contributed by atoms with E-state index in [9.17, 15) is 9.59 Å². The number of aliphatic hydroxyl groups excluding tert-OH is 1. The first-order valence-electron chi connectivity index (χ1n) is 11.3. The first kappa shape index (κ1) is 27.3. The smallest absolute Gasteiger partial charge is 0.220 e. The largest absolute Gasteiger partial charge is 0.396 e. The Hall–Kier alpha value is -1.66. The second kappa shape index (κ2) is 21.1. The third kappa shape index (κ3) is 19.4. The molecule has 0 atom stereocenters. The van der Waals surface area contributed by atoms with E-state index in [0.29, 0.717) is 32.4 Å². The van der Waals surface area contributed by atoms with Gasteiger partial charge in [0.1, 0.15) is 0 Å². The molecule has 0 aromatic rings. The van der Waals surface area contributed by atoms with E-state index in [0.717, 1.165) is 58.2 Å². The van der Waals surface area contributed by atoms with E-state index in [-0.39, 0.29) is 18.4 Å². The summed E-state index contributed by atoms with van der Waals surface area (Å²) in [5.74, 6) is 0.171. The Morgan fingerprint density at radius 2 is 1.24 bits per heavy atom. The van der Waals surface area contributed by atoms with Gasteiger partial charge in [0.05, 0.1) is 0 Å². The molecule has 2 amide bonds. The minimum atomic E-state index is 0.0856. The monoisotopic (exact) mass is 409 g/mol. The highest BCUT2D eigenvalue weighted by Gasteiger charge is 2.07. The molecular formula is C23H43N3O3. The molecule has 0 aromatic heterocycles. The van der Waals surface area contributed by atoms with Gasteiger partial charge in [0.15, 0.2) is 0 Å². The Kier molecular flexibility index (Phi) is 19.9. The fraction of sp³-hybridized carbons (Fsp3) is 0.739. The highest BCUT2D eigenvalue weighted by Crippen LogP contribution is 1.99. The first-order chi connectivity index (χ1) is 14.1. The molecular weight excluding hydrogens is 366 g/mol. The number of nitrogens with zero attached hydrogens (tertiary/aromatic N) is 1. The molecule has 6 heteroatoms. The third-order valence-electron chi connectivity index (χ3n) is 4.49. The van der Waals surface area contributed by atoms with E-state index >= 15 is 0 Å². The quantitative estimate of drug-likeness (QED) is 0.226. The molecule has 0 bridgehead atoms. The average molecular weight is 410 g/mol. The number of amides is 2. The van der Waals surface area contributed by atoms with Crippen LogP contribution < -0.4 is 10.6 Å². The van der Waals surface area contributed by atoms with E-state index in [1.54, 1.807) is 0 Å². The lowest BCUT2D eigenvalue weighted by atomic mass is 10.2. The number of hydrogen-bond donors (Lipinski definition) is 3. The maximum atomic E-state index is 11.9. The summed E-state index contributed by atoms with van der Waals surface area (Å²) in [7, 11) is 0. The van der Waals surface area contributed by atoms with Gasteiger partial charge in [-0.2, -0.15) is 0 Å². The van der Waals surface area contributed by atoms with Crippen LogP contribution in [0.5, 0.6) is 0 Å². The molecule has 29 heavy (non-hydrogen) atoms. The van der Waals surface area contributed by atoms with Gasteiger partial charge in [-0.15, -0.1) is 0 Å². The topological polar surface area (TPSA) is 81.7 Å². The first-order valence-corrected chi connectivity index (χ1v) is 11.3. The number of unbranched alkanes of at least 4 members (excludes halogenated alkanes) is 2. The van der Waals surface area contributed by atoms with Gasteiger partial charge in [-0.1, -0.05) is 38.2 Å². The van der Waals surface area contributed by atoms with E-state index in [2.05, 4.69) is 53.7 Å². The van der Waals surface area contributed by atoms with Crippen LogP contribution in [0, 0.1) is 0 Å². The van der Waals surface area contributed by atoms with Crippen LogP contribution in [0.4, 0.5) is 0 Å². The van der Waals surface area contributed by atoms with Gasteiger partial charge in [-0.25, -0.2) is 0 Å². The summed E-state index contributed by atoms with van der Waals surface area (Å²) < 4.78 is 0. The van der Waals surface area contributed by atoms with E-state index in [1.165, 1.54) is 0 Å². The summed E-state index contributed by atoms with van der Waals surface area (Å²) in [4.78, 5) is 25.9. The van der Waals surface area contributed by atoms with Crippen molar-refractivity contribution in [1.29, 1.82) is 0 Å². The van der Waals surface area contributed by atoms with Crippen molar-refractivity contribution in [3.05, 3.63) is 24.3 Å². The number of aliphatic hydroxyl groups is 1. The average Bonchev–Trinajstić information content (AvgIpc) is 2.71. The van der Waals surface area contributed by atoms with Crippen molar-refractivity contribution < 1.29 is 14.7 Å². The van der Waals surface area contributed by atoms with Crippen molar-refractivity contribution in [2.75, 3.05) is 39.3 Å².